The average Bonchev–Trinajstić information content (AvgIpc) is 2.89. The zero-order valence-electron chi connectivity index (χ0n) is 23.0. The summed E-state index contributed by atoms with van der Waals surface area (Å²) >= 11 is 0. The van der Waals surface area contributed by atoms with Crippen LogP contribution < -0.4 is 15.6 Å². The number of urea groups is 1. The van der Waals surface area contributed by atoms with Crippen molar-refractivity contribution in [1.29, 1.82) is 0 Å². The number of aryl methyl sites for hydroxylation is 2. The van der Waals surface area contributed by atoms with Crippen LogP contribution in [0.15, 0.2) is 71.5 Å². The van der Waals surface area contributed by atoms with Gasteiger partial charge in [0.25, 0.3) is 5.56 Å². The molecule has 3 aromatic carbocycles. The van der Waals surface area contributed by atoms with E-state index in [9.17, 15) is 9.59 Å². The van der Waals surface area contributed by atoms with E-state index in [4.69, 9.17) is 9.72 Å². The number of hydrogen-bond donors (Lipinski definition) is 1. The van der Waals surface area contributed by atoms with Gasteiger partial charge in [0.1, 0.15) is 11.6 Å². The largest absolute Gasteiger partial charge is 0.495 e. The number of hydrogen-bond acceptors (Lipinski definition) is 4. The van der Waals surface area contributed by atoms with Gasteiger partial charge in [0.15, 0.2) is 0 Å². The molecule has 7 heteroatoms. The summed E-state index contributed by atoms with van der Waals surface area (Å²) in [6.07, 6.45) is 0.803. The van der Waals surface area contributed by atoms with Crippen molar-refractivity contribution in [3.05, 3.63) is 94.0 Å². The van der Waals surface area contributed by atoms with Crippen LogP contribution >= 0.6 is 0 Å². The number of para-hydroxylation sites is 2. The number of nitrogens with one attached hydrogen (secondary N) is 1. The SMILES string of the molecule is COc1ccc(C)cc1-n1c(C(C)N(CCC(C)C)C(=O)Nc2ccccc2C)nc2ccccc2c1=O. The molecule has 1 heterocycles. The highest BCUT2D eigenvalue weighted by Crippen LogP contribution is 2.29. The fourth-order valence-corrected chi connectivity index (χ4v) is 4.55. The van der Waals surface area contributed by atoms with Crippen LogP contribution in [0.5, 0.6) is 5.75 Å². The molecule has 4 aromatic rings. The second-order valence-electron chi connectivity index (χ2n) is 10.1. The first-order valence-corrected chi connectivity index (χ1v) is 13.0. The number of ether oxygens (including phenoxy) is 1. The number of carbonyl (C=O) groups is 1. The summed E-state index contributed by atoms with van der Waals surface area (Å²) in [5.41, 5.74) is 3.69. The molecule has 1 unspecified atom stereocenters. The molecular weight excluding hydrogens is 476 g/mol. The molecule has 0 saturated carbocycles. The summed E-state index contributed by atoms with van der Waals surface area (Å²) in [5, 5.41) is 3.58. The second kappa shape index (κ2) is 11.5. The number of amides is 2. The highest BCUT2D eigenvalue weighted by molar-refractivity contribution is 5.90. The Kier molecular flexibility index (Phi) is 8.15. The molecule has 0 fully saturated rings. The van der Waals surface area contributed by atoms with Gasteiger partial charge in [-0.1, -0.05) is 50.2 Å². The molecule has 4 rings (SSSR count). The van der Waals surface area contributed by atoms with Gasteiger partial charge in [0, 0.05) is 12.2 Å². The molecule has 0 bridgehead atoms. The molecule has 198 valence electrons. The van der Waals surface area contributed by atoms with Crippen LogP contribution in [0.2, 0.25) is 0 Å². The van der Waals surface area contributed by atoms with E-state index >= 15 is 0 Å². The molecule has 0 aliphatic carbocycles. The number of anilines is 1. The fraction of sp³-hybridized carbons (Fsp3) is 0.323. The number of nitrogens with zero attached hydrogens (tertiary/aromatic N) is 3. The maximum absolute atomic E-state index is 14.0. The van der Waals surface area contributed by atoms with Crippen molar-refractivity contribution in [1.82, 2.24) is 14.5 Å². The van der Waals surface area contributed by atoms with Crippen molar-refractivity contribution in [2.75, 3.05) is 19.0 Å². The molecule has 2 amide bonds. The predicted octanol–water partition coefficient (Wildman–Crippen LogP) is 6.65. The lowest BCUT2D eigenvalue weighted by atomic mass is 10.1. The van der Waals surface area contributed by atoms with Gasteiger partial charge < -0.3 is 15.0 Å². The van der Waals surface area contributed by atoms with Crippen LogP contribution in [0, 0.1) is 19.8 Å². The molecule has 1 aromatic heterocycles. The summed E-state index contributed by atoms with van der Waals surface area (Å²) in [5.74, 6) is 1.42. The number of aromatic nitrogens is 2. The van der Waals surface area contributed by atoms with Crippen LogP contribution in [0.4, 0.5) is 10.5 Å². The van der Waals surface area contributed by atoms with E-state index in [0.29, 0.717) is 40.6 Å². The number of fused-ring (bicyclic) bond motifs is 1. The third kappa shape index (κ3) is 5.57. The third-order valence-electron chi connectivity index (χ3n) is 6.81. The monoisotopic (exact) mass is 512 g/mol. The maximum atomic E-state index is 14.0. The molecule has 38 heavy (non-hydrogen) atoms. The number of carbonyl (C=O) groups excluding carboxylic acids is 1. The van der Waals surface area contributed by atoms with Crippen molar-refractivity contribution in [3.63, 3.8) is 0 Å². The van der Waals surface area contributed by atoms with Gasteiger partial charge in [-0.25, -0.2) is 9.78 Å². The molecule has 1 atom stereocenters. The molecule has 0 spiro atoms. The number of benzene rings is 3. The van der Waals surface area contributed by atoms with Gasteiger partial charge in [0.2, 0.25) is 0 Å². The summed E-state index contributed by atoms with van der Waals surface area (Å²) in [6, 6.07) is 19.9. The molecule has 0 saturated heterocycles. The van der Waals surface area contributed by atoms with Gasteiger partial charge in [-0.05, 0) is 74.6 Å². The predicted molar refractivity (Wildman–Crippen MR) is 153 cm³/mol. The Labute approximate surface area is 224 Å². The minimum absolute atomic E-state index is 0.204. The zero-order valence-corrected chi connectivity index (χ0v) is 23.0. The van der Waals surface area contributed by atoms with Crippen molar-refractivity contribution >= 4 is 22.6 Å². The van der Waals surface area contributed by atoms with Crippen molar-refractivity contribution < 1.29 is 9.53 Å². The first kappa shape index (κ1) is 26.9. The first-order valence-electron chi connectivity index (χ1n) is 13.0. The quantitative estimate of drug-likeness (QED) is 0.287. The molecule has 1 N–H and O–H groups in total. The van der Waals surface area contributed by atoms with E-state index in [-0.39, 0.29) is 11.6 Å². The normalized spacial score (nSPS) is 12.0. The van der Waals surface area contributed by atoms with Crippen LogP contribution in [-0.4, -0.2) is 34.1 Å². The first-order chi connectivity index (χ1) is 18.2. The van der Waals surface area contributed by atoms with Crippen LogP contribution in [0.3, 0.4) is 0 Å². The Morgan fingerprint density at radius 1 is 1.03 bits per heavy atom. The zero-order chi connectivity index (χ0) is 27.4. The van der Waals surface area contributed by atoms with E-state index in [0.717, 1.165) is 23.2 Å². The lowest BCUT2D eigenvalue weighted by Gasteiger charge is -2.31. The van der Waals surface area contributed by atoms with Crippen molar-refractivity contribution in [2.24, 2.45) is 5.92 Å². The van der Waals surface area contributed by atoms with E-state index in [1.165, 1.54) is 0 Å². The summed E-state index contributed by atoms with van der Waals surface area (Å²) < 4.78 is 7.25. The third-order valence-corrected chi connectivity index (χ3v) is 6.81. The van der Waals surface area contributed by atoms with E-state index in [1.807, 2.05) is 81.4 Å². The Hall–Kier alpha value is -4.13. The van der Waals surface area contributed by atoms with Crippen LogP contribution in [-0.2, 0) is 0 Å². The smallest absolute Gasteiger partial charge is 0.322 e. The number of methoxy groups -OCH3 is 1. The summed E-state index contributed by atoms with van der Waals surface area (Å²) in [6.45, 7) is 10.6. The average molecular weight is 513 g/mol. The Bertz CT molecular complexity index is 1510. The van der Waals surface area contributed by atoms with Gasteiger partial charge in [-0.2, -0.15) is 0 Å². The fourth-order valence-electron chi connectivity index (χ4n) is 4.55. The lowest BCUT2D eigenvalue weighted by Crippen LogP contribution is -2.41. The van der Waals surface area contributed by atoms with Crippen LogP contribution in [0.25, 0.3) is 16.6 Å². The van der Waals surface area contributed by atoms with E-state index in [1.54, 1.807) is 22.6 Å². The molecule has 0 radical (unpaired) electrons. The Morgan fingerprint density at radius 2 is 1.74 bits per heavy atom. The summed E-state index contributed by atoms with van der Waals surface area (Å²) in [4.78, 5) is 34.4. The molecular formula is C31H36N4O3. The number of rotatable bonds is 8. The minimum Gasteiger partial charge on any atom is -0.495 e. The van der Waals surface area contributed by atoms with Gasteiger partial charge in [-0.3, -0.25) is 9.36 Å². The standard InChI is InChI=1S/C31H36N4O3/c1-20(2)17-18-34(31(37)33-25-13-9-7-11-22(25)4)23(5)29-32-26-14-10-8-12-24(26)30(36)35(29)27-19-21(3)15-16-28(27)38-6/h7-16,19-20,23H,17-18H2,1-6H3,(H,33,37). The van der Waals surface area contributed by atoms with E-state index in [2.05, 4.69) is 19.2 Å². The van der Waals surface area contributed by atoms with Gasteiger partial charge in [-0.15, -0.1) is 0 Å². The topological polar surface area (TPSA) is 76.5 Å². The maximum Gasteiger partial charge on any atom is 0.322 e. The highest BCUT2D eigenvalue weighted by Gasteiger charge is 2.28. The highest BCUT2D eigenvalue weighted by atomic mass is 16.5. The van der Waals surface area contributed by atoms with Gasteiger partial charge >= 0.3 is 6.03 Å². The van der Waals surface area contributed by atoms with Gasteiger partial charge in [0.05, 0.1) is 29.7 Å². The Balaban J connectivity index is 1.89. The molecule has 7 nitrogen and oxygen atoms in total. The lowest BCUT2D eigenvalue weighted by molar-refractivity contribution is 0.185. The summed E-state index contributed by atoms with van der Waals surface area (Å²) in [7, 11) is 1.58. The second-order valence-corrected chi connectivity index (χ2v) is 10.1. The molecule has 0 aliphatic rings. The molecule has 0 aliphatic heterocycles. The van der Waals surface area contributed by atoms with Crippen LogP contribution in [0.1, 0.15) is 50.2 Å². The van der Waals surface area contributed by atoms with Crippen molar-refractivity contribution in [3.8, 4) is 11.4 Å². The minimum atomic E-state index is -0.514. The Morgan fingerprint density at radius 3 is 2.45 bits per heavy atom. The van der Waals surface area contributed by atoms with E-state index < -0.39 is 6.04 Å². The van der Waals surface area contributed by atoms with Crippen molar-refractivity contribution in [2.45, 2.75) is 47.1 Å².